The third kappa shape index (κ3) is 4.79. The van der Waals surface area contributed by atoms with Gasteiger partial charge in [0, 0.05) is 35.6 Å². The monoisotopic (exact) mass is 523 g/mol. The molecule has 2 aromatic heterocycles. The van der Waals surface area contributed by atoms with Gasteiger partial charge in [0.25, 0.3) is 10.0 Å². The number of benzene rings is 2. The van der Waals surface area contributed by atoms with Crippen LogP contribution in [0.5, 0.6) is 0 Å². The summed E-state index contributed by atoms with van der Waals surface area (Å²) in [5, 5.41) is 7.25. The zero-order valence-electron chi connectivity index (χ0n) is 19.9. The van der Waals surface area contributed by atoms with Crippen LogP contribution in [0.1, 0.15) is 12.8 Å². The van der Waals surface area contributed by atoms with Gasteiger partial charge in [0.1, 0.15) is 17.8 Å². The third-order valence-electron chi connectivity index (χ3n) is 6.26. The molecule has 0 unspecified atom stereocenters. The van der Waals surface area contributed by atoms with E-state index in [1.54, 1.807) is 41.1 Å². The molecule has 1 fully saturated rings. The highest BCUT2D eigenvalue weighted by molar-refractivity contribution is 7.95. The number of nitrogens with two attached hydrogens (primary N) is 1. The van der Waals surface area contributed by atoms with E-state index < -0.39 is 10.0 Å². The standard InChI is InChI=1S/C25H26ClN7O2S/c1-31(19-11-12-19)13-4-14-36(34,35)32(2)20-5-3-6-21(15-20)33-25-22(24(27)28-16-29-25)23(30-33)17-7-9-18(26)10-8-17/h3-10,14-16,19H,11-13H2,1-2H3,(H2,27,28,29)/b14-4+. The van der Waals surface area contributed by atoms with Gasteiger partial charge in [-0.25, -0.2) is 23.1 Å². The summed E-state index contributed by atoms with van der Waals surface area (Å²) in [4.78, 5) is 10.7. The molecule has 1 aliphatic rings. The molecule has 36 heavy (non-hydrogen) atoms. The van der Waals surface area contributed by atoms with Crippen LogP contribution in [0.4, 0.5) is 11.5 Å². The van der Waals surface area contributed by atoms with Crippen LogP contribution in [0.25, 0.3) is 28.0 Å². The van der Waals surface area contributed by atoms with Crippen LogP contribution >= 0.6 is 11.6 Å². The van der Waals surface area contributed by atoms with Crippen LogP contribution in [-0.4, -0.2) is 59.7 Å². The van der Waals surface area contributed by atoms with Crippen LogP contribution in [0.3, 0.4) is 0 Å². The molecule has 4 aromatic rings. The molecule has 0 saturated heterocycles. The largest absolute Gasteiger partial charge is 0.383 e. The third-order valence-corrected chi connectivity index (χ3v) is 8.03. The smallest absolute Gasteiger partial charge is 0.256 e. The molecular weight excluding hydrogens is 498 g/mol. The Balaban J connectivity index is 1.50. The maximum absolute atomic E-state index is 13.0. The highest BCUT2D eigenvalue weighted by atomic mass is 35.5. The van der Waals surface area contributed by atoms with Crippen molar-refractivity contribution in [1.29, 1.82) is 0 Å². The van der Waals surface area contributed by atoms with Gasteiger partial charge in [-0.3, -0.25) is 9.21 Å². The topological polar surface area (TPSA) is 110 Å². The molecule has 0 atom stereocenters. The number of hydrogen-bond donors (Lipinski definition) is 1. The van der Waals surface area contributed by atoms with E-state index in [1.165, 1.54) is 35.9 Å². The summed E-state index contributed by atoms with van der Waals surface area (Å²) in [5.41, 5.74) is 9.26. The van der Waals surface area contributed by atoms with Gasteiger partial charge >= 0.3 is 0 Å². The van der Waals surface area contributed by atoms with E-state index in [4.69, 9.17) is 22.4 Å². The zero-order chi connectivity index (χ0) is 25.4. The van der Waals surface area contributed by atoms with Gasteiger partial charge in [-0.1, -0.05) is 35.9 Å². The molecule has 2 aromatic carbocycles. The van der Waals surface area contributed by atoms with Crippen LogP contribution in [-0.2, 0) is 10.0 Å². The summed E-state index contributed by atoms with van der Waals surface area (Å²) in [6.45, 7) is 0.589. The first-order chi connectivity index (χ1) is 17.2. The van der Waals surface area contributed by atoms with Crippen molar-refractivity contribution in [3.63, 3.8) is 0 Å². The molecule has 0 spiro atoms. The summed E-state index contributed by atoms with van der Waals surface area (Å²) in [7, 11) is -0.130. The molecule has 1 aliphatic carbocycles. The number of nitrogens with zero attached hydrogens (tertiary/aromatic N) is 6. The lowest BCUT2D eigenvalue weighted by molar-refractivity contribution is 0.360. The molecule has 0 amide bonds. The molecule has 1 saturated carbocycles. The minimum Gasteiger partial charge on any atom is -0.383 e. The van der Waals surface area contributed by atoms with Crippen molar-refractivity contribution in [3.05, 3.63) is 71.4 Å². The number of aromatic nitrogens is 4. The van der Waals surface area contributed by atoms with Crippen molar-refractivity contribution >= 4 is 44.2 Å². The molecule has 0 aliphatic heterocycles. The summed E-state index contributed by atoms with van der Waals surface area (Å²) in [6, 6.07) is 14.9. The lowest BCUT2D eigenvalue weighted by Crippen LogP contribution is -2.25. The molecule has 5 rings (SSSR count). The van der Waals surface area contributed by atoms with Crippen LogP contribution in [0.15, 0.2) is 66.3 Å². The van der Waals surface area contributed by atoms with Crippen LogP contribution in [0, 0.1) is 0 Å². The van der Waals surface area contributed by atoms with Crippen LogP contribution in [0.2, 0.25) is 5.02 Å². The molecule has 0 bridgehead atoms. The zero-order valence-corrected chi connectivity index (χ0v) is 21.5. The SMILES string of the molecule is CN(C/C=C/S(=O)(=O)N(C)c1cccc(-n2nc(-c3ccc(Cl)cc3)c3c(N)ncnc32)c1)C1CC1. The summed E-state index contributed by atoms with van der Waals surface area (Å²) in [5.74, 6) is 0.299. The summed E-state index contributed by atoms with van der Waals surface area (Å²) < 4.78 is 28.8. The molecule has 186 valence electrons. The second-order valence-corrected chi connectivity index (χ2v) is 11.1. The van der Waals surface area contributed by atoms with E-state index in [0.29, 0.717) is 51.5 Å². The van der Waals surface area contributed by atoms with E-state index in [9.17, 15) is 8.42 Å². The van der Waals surface area contributed by atoms with Gasteiger partial charge in [-0.2, -0.15) is 5.10 Å². The number of nitrogen functional groups attached to an aromatic ring is 1. The summed E-state index contributed by atoms with van der Waals surface area (Å²) >= 11 is 6.06. The van der Waals surface area contributed by atoms with E-state index in [0.717, 1.165) is 5.56 Å². The van der Waals surface area contributed by atoms with E-state index in [2.05, 4.69) is 14.9 Å². The Kier molecular flexibility index (Phi) is 6.42. The highest BCUT2D eigenvalue weighted by Crippen LogP contribution is 2.33. The lowest BCUT2D eigenvalue weighted by atomic mass is 10.1. The second kappa shape index (κ2) is 9.53. The number of fused-ring (bicyclic) bond motifs is 1. The first kappa shape index (κ1) is 24.2. The van der Waals surface area contributed by atoms with Crippen molar-refractivity contribution in [2.24, 2.45) is 0 Å². The number of hydrogen-bond acceptors (Lipinski definition) is 7. The van der Waals surface area contributed by atoms with Gasteiger partial charge < -0.3 is 5.73 Å². The molecular formula is C25H26ClN7O2S. The molecule has 11 heteroatoms. The number of anilines is 2. The fourth-order valence-corrected chi connectivity index (χ4v) is 5.06. The average molecular weight is 524 g/mol. The lowest BCUT2D eigenvalue weighted by Gasteiger charge is -2.18. The highest BCUT2D eigenvalue weighted by Gasteiger charge is 2.25. The predicted molar refractivity (Wildman–Crippen MR) is 144 cm³/mol. The first-order valence-corrected chi connectivity index (χ1v) is 13.3. The predicted octanol–water partition coefficient (Wildman–Crippen LogP) is 4.09. The Morgan fingerprint density at radius 2 is 1.89 bits per heavy atom. The van der Waals surface area contributed by atoms with Gasteiger partial charge in [0.15, 0.2) is 5.65 Å². The first-order valence-electron chi connectivity index (χ1n) is 11.5. The number of likely N-dealkylation sites (N-methyl/N-ethyl adjacent to an activating group) is 1. The van der Waals surface area contributed by atoms with Crippen molar-refractivity contribution in [2.75, 3.05) is 30.7 Å². The quantitative estimate of drug-likeness (QED) is 0.370. The molecule has 0 radical (unpaired) electrons. The van der Waals surface area contributed by atoms with Gasteiger partial charge in [0.2, 0.25) is 0 Å². The van der Waals surface area contributed by atoms with E-state index >= 15 is 0 Å². The summed E-state index contributed by atoms with van der Waals surface area (Å²) in [6.07, 6.45) is 5.41. The molecule has 2 heterocycles. The Morgan fingerprint density at radius 3 is 2.61 bits per heavy atom. The molecule has 2 N–H and O–H groups in total. The minimum atomic E-state index is -3.67. The van der Waals surface area contributed by atoms with Crippen molar-refractivity contribution in [1.82, 2.24) is 24.6 Å². The van der Waals surface area contributed by atoms with Gasteiger partial charge in [0.05, 0.1) is 16.8 Å². The Hall–Kier alpha value is -3.47. The number of sulfonamides is 1. The van der Waals surface area contributed by atoms with Crippen molar-refractivity contribution < 1.29 is 8.42 Å². The van der Waals surface area contributed by atoms with Gasteiger partial charge in [-0.05, 0) is 50.2 Å². The molecule has 9 nitrogen and oxygen atoms in total. The second-order valence-electron chi connectivity index (χ2n) is 8.80. The maximum Gasteiger partial charge on any atom is 0.256 e. The maximum atomic E-state index is 13.0. The Labute approximate surface area is 214 Å². The van der Waals surface area contributed by atoms with E-state index in [1.807, 2.05) is 25.2 Å². The number of halogens is 1. The fraction of sp³-hybridized carbons (Fsp3) is 0.240. The average Bonchev–Trinajstić information content (AvgIpc) is 3.65. The van der Waals surface area contributed by atoms with E-state index in [-0.39, 0.29) is 0 Å². The fourth-order valence-electron chi connectivity index (χ4n) is 4.02. The minimum absolute atomic E-state index is 0.299. The van der Waals surface area contributed by atoms with Crippen molar-refractivity contribution in [3.8, 4) is 16.9 Å². The Morgan fingerprint density at radius 1 is 1.14 bits per heavy atom. The Bertz CT molecular complexity index is 1550. The van der Waals surface area contributed by atoms with Crippen molar-refractivity contribution in [2.45, 2.75) is 18.9 Å². The number of rotatable bonds is 8. The van der Waals surface area contributed by atoms with Crippen LogP contribution < -0.4 is 10.0 Å². The van der Waals surface area contributed by atoms with Gasteiger partial charge in [-0.15, -0.1) is 0 Å². The normalized spacial score (nSPS) is 14.2.